The third kappa shape index (κ3) is 18.8. The first-order valence-electron chi connectivity index (χ1n) is 42.4. The number of halogens is 3. The molecule has 23 aromatic rings. The van der Waals surface area contributed by atoms with Crippen LogP contribution in [-0.2, 0) is 0 Å². The molecule has 0 atom stereocenters. The minimum Gasteiger partial charge on any atom is -0.423 e. The molecule has 620 valence electrons. The van der Waals surface area contributed by atoms with Gasteiger partial charge in [-0.2, -0.15) is 0 Å². The van der Waals surface area contributed by atoms with Gasteiger partial charge in [-0.15, -0.1) is 0 Å². The molecule has 0 amide bonds. The van der Waals surface area contributed by atoms with Crippen molar-refractivity contribution in [2.45, 2.75) is 14.9 Å². The van der Waals surface area contributed by atoms with E-state index < -0.39 is 14.2 Å². The van der Waals surface area contributed by atoms with Crippen LogP contribution < -0.4 is 10.9 Å². The quantitative estimate of drug-likeness (QED) is 0.0812. The van der Waals surface area contributed by atoms with E-state index in [1.54, 1.807) is 24.3 Å². The van der Waals surface area contributed by atoms with Crippen LogP contribution in [-0.4, -0.2) is 34.3 Å². The number of hydrogen-bond acceptors (Lipinski definition) is 4. The molecular formula is C120H89B2Br3O4. The lowest BCUT2D eigenvalue weighted by molar-refractivity contribution is 0.424. The highest BCUT2D eigenvalue weighted by molar-refractivity contribution is 9.11. The second-order valence-electron chi connectivity index (χ2n) is 31.7. The summed E-state index contributed by atoms with van der Waals surface area (Å²) >= 11 is 10.7. The summed E-state index contributed by atoms with van der Waals surface area (Å²) in [5.74, 6) is 0. The standard InChI is InChI=1S/C46H30.C26H17Br.C20H15BO2.C16H13BO2.C10H6Br2.2CH4/c1-2-11-34-28-36(25-20-31(34)10-1)35-13-9-14-37(29-35)41-27-26-40(43-17-5-6-18-44(41)43)32-21-23-33(24-22-32)46-30-38-12-3-4-15-39(38)42-16-7-8-19-45(42)46;27-26-15-14-23(24-10-3-4-11-25(24)26)22-9-5-8-20(17-22)21-13-12-18-6-1-2-7-19(18)16-21;22-21(23)16-11-9-14(10-12-16)20-13-15-5-1-2-6-17(15)18-7-3-4-8-19(18)20;18-17(19)16-7-3-6-14(11-16)15-9-8-12-4-1-2-5-13(12)10-15;11-9-5-6-10(12)8-4-2-1-3-7(8)9;;/h1-30H;1-17H;1-13,22-23H;1-11,18-19H;1-6H;2*1H4. The van der Waals surface area contributed by atoms with Crippen LogP contribution in [0.25, 0.3) is 197 Å². The molecule has 0 fully saturated rings. The number of hydrogen-bond donors (Lipinski definition) is 4. The van der Waals surface area contributed by atoms with Gasteiger partial charge < -0.3 is 20.1 Å². The van der Waals surface area contributed by atoms with Crippen molar-refractivity contribution in [2.24, 2.45) is 0 Å². The first-order chi connectivity index (χ1) is 62.4. The normalized spacial score (nSPS) is 10.9. The molecule has 4 N–H and O–H groups in total. The molecule has 129 heavy (non-hydrogen) atoms. The molecule has 0 bridgehead atoms. The van der Waals surface area contributed by atoms with Crippen LogP contribution in [0.3, 0.4) is 0 Å². The van der Waals surface area contributed by atoms with Crippen LogP contribution in [0.2, 0.25) is 0 Å². The maximum absolute atomic E-state index is 9.25. The van der Waals surface area contributed by atoms with Gasteiger partial charge in [-0.25, -0.2) is 0 Å². The van der Waals surface area contributed by atoms with Gasteiger partial charge in [-0.1, -0.05) is 469 Å². The zero-order valence-corrected chi connectivity index (χ0v) is 73.8. The SMILES string of the molecule is Brc1ccc(-c2cccc(-c3ccc4ccccc4c3)c2)c2ccccc12.Brc1ccc(Br)c2ccccc12.C.C.OB(O)c1ccc(-c2cc3ccccc3c3ccccc23)cc1.OB(O)c1cccc(-c2ccc3ccccc3c2)c1.c1cc(-c2ccc3ccccc3c2)cc(-c2ccc(-c3ccc(-c4cc5ccccc5c5ccccc45)cc3)c3ccccc23)c1. The van der Waals surface area contributed by atoms with Crippen LogP contribution in [0.15, 0.2) is 481 Å². The molecule has 0 aliphatic carbocycles. The fourth-order valence-corrected chi connectivity index (χ4v) is 18.9. The van der Waals surface area contributed by atoms with Gasteiger partial charge in [0.05, 0.1) is 0 Å². The third-order valence-electron chi connectivity index (χ3n) is 24.0. The molecule has 0 saturated heterocycles. The predicted octanol–water partition coefficient (Wildman–Crippen LogP) is 32.2. The largest absolute Gasteiger partial charge is 0.488 e. The van der Waals surface area contributed by atoms with Crippen molar-refractivity contribution in [1.82, 2.24) is 0 Å². The second-order valence-corrected chi connectivity index (χ2v) is 34.3. The van der Waals surface area contributed by atoms with Crippen molar-refractivity contribution in [1.29, 1.82) is 0 Å². The lowest BCUT2D eigenvalue weighted by atomic mass is 9.79. The Morgan fingerprint density at radius 2 is 0.380 bits per heavy atom. The molecule has 23 aromatic carbocycles. The highest BCUT2D eigenvalue weighted by Gasteiger charge is 2.18. The van der Waals surface area contributed by atoms with Gasteiger partial charge in [0.25, 0.3) is 0 Å². The number of fused-ring (bicyclic) bond motifs is 12. The van der Waals surface area contributed by atoms with Crippen LogP contribution in [0.5, 0.6) is 0 Å². The summed E-state index contributed by atoms with van der Waals surface area (Å²) in [6, 6.07) is 164. The smallest absolute Gasteiger partial charge is 0.423 e. The van der Waals surface area contributed by atoms with E-state index in [1.165, 1.54) is 174 Å². The molecule has 0 aliphatic heterocycles. The van der Waals surface area contributed by atoms with Gasteiger partial charge >= 0.3 is 14.2 Å². The fourth-order valence-electron chi connectivity index (χ4n) is 17.5. The van der Waals surface area contributed by atoms with E-state index in [9.17, 15) is 20.1 Å². The lowest BCUT2D eigenvalue weighted by Crippen LogP contribution is -2.29. The Labute approximate surface area is 778 Å². The van der Waals surface area contributed by atoms with E-state index in [0.717, 1.165) is 35.7 Å². The predicted molar refractivity (Wildman–Crippen MR) is 567 cm³/mol. The molecule has 0 aliphatic rings. The van der Waals surface area contributed by atoms with Gasteiger partial charge in [0.15, 0.2) is 0 Å². The van der Waals surface area contributed by atoms with Crippen molar-refractivity contribution in [2.75, 3.05) is 0 Å². The molecule has 0 radical (unpaired) electrons. The Kier molecular flexibility index (Phi) is 26.7. The Bertz CT molecular complexity index is 7990. The Morgan fingerprint density at radius 3 is 0.760 bits per heavy atom. The average molecular weight is 1860 g/mol. The molecule has 0 unspecified atom stereocenters. The lowest BCUT2D eigenvalue weighted by Gasteiger charge is -2.14. The minimum absolute atomic E-state index is 0. The molecule has 4 nitrogen and oxygen atoms in total. The van der Waals surface area contributed by atoms with Gasteiger partial charge in [0.2, 0.25) is 0 Å². The molecule has 0 aromatic heterocycles. The molecule has 0 saturated carbocycles. The fraction of sp³-hybridized carbons (Fsp3) is 0.0167. The van der Waals surface area contributed by atoms with Gasteiger partial charge in [-0.3, -0.25) is 0 Å². The summed E-state index contributed by atoms with van der Waals surface area (Å²) in [5.41, 5.74) is 20.2. The van der Waals surface area contributed by atoms with Crippen LogP contribution in [0.4, 0.5) is 0 Å². The maximum atomic E-state index is 9.25. The van der Waals surface area contributed by atoms with E-state index >= 15 is 0 Å². The van der Waals surface area contributed by atoms with Gasteiger partial charge in [0, 0.05) is 13.4 Å². The third-order valence-corrected chi connectivity index (χ3v) is 26.0. The summed E-state index contributed by atoms with van der Waals surface area (Å²) in [6.07, 6.45) is 0. The molecular weight excluding hydrogens is 1770 g/mol. The van der Waals surface area contributed by atoms with Crippen molar-refractivity contribution in [3.8, 4) is 89.0 Å². The second kappa shape index (κ2) is 39.5. The van der Waals surface area contributed by atoms with Gasteiger partial charge in [-0.05, 0) is 268 Å². The zero-order valence-electron chi connectivity index (χ0n) is 69.0. The van der Waals surface area contributed by atoms with E-state index in [-0.39, 0.29) is 14.9 Å². The first kappa shape index (κ1) is 87.2. The maximum Gasteiger partial charge on any atom is 0.488 e. The average Bonchev–Trinajstić information content (AvgIpc) is 0.746. The monoisotopic (exact) mass is 1850 g/mol. The van der Waals surface area contributed by atoms with Crippen molar-refractivity contribution in [3.63, 3.8) is 0 Å². The van der Waals surface area contributed by atoms with E-state index in [1.807, 2.05) is 78.9 Å². The summed E-state index contributed by atoms with van der Waals surface area (Å²) in [6.45, 7) is 0. The summed E-state index contributed by atoms with van der Waals surface area (Å²) < 4.78 is 3.41. The Morgan fingerprint density at radius 1 is 0.140 bits per heavy atom. The summed E-state index contributed by atoms with van der Waals surface area (Å²) in [7, 11) is -2.86. The first-order valence-corrected chi connectivity index (χ1v) is 44.8. The van der Waals surface area contributed by atoms with E-state index in [4.69, 9.17) is 0 Å². The molecule has 23 rings (SSSR count). The van der Waals surface area contributed by atoms with Crippen LogP contribution in [0.1, 0.15) is 14.9 Å². The Balaban J connectivity index is 0.000000121. The van der Waals surface area contributed by atoms with Gasteiger partial charge in [0.1, 0.15) is 0 Å². The van der Waals surface area contributed by atoms with Crippen molar-refractivity contribution >= 4 is 181 Å². The topological polar surface area (TPSA) is 80.9 Å². The number of benzene rings is 23. The summed E-state index contributed by atoms with van der Waals surface area (Å²) in [4.78, 5) is 0. The summed E-state index contributed by atoms with van der Waals surface area (Å²) in [5, 5.41) is 62.0. The van der Waals surface area contributed by atoms with Crippen LogP contribution >= 0.6 is 47.8 Å². The number of rotatable bonds is 10. The zero-order chi connectivity index (χ0) is 86.3. The van der Waals surface area contributed by atoms with Crippen LogP contribution in [0, 0.1) is 0 Å². The highest BCUT2D eigenvalue weighted by Crippen LogP contribution is 2.43. The molecule has 9 heteroatoms. The van der Waals surface area contributed by atoms with Crippen molar-refractivity contribution in [3.05, 3.63) is 481 Å². The van der Waals surface area contributed by atoms with E-state index in [0.29, 0.717) is 10.9 Å². The highest BCUT2D eigenvalue weighted by atomic mass is 79.9. The van der Waals surface area contributed by atoms with E-state index in [2.05, 4.69) is 412 Å². The Hall–Kier alpha value is -13.9. The molecule has 0 spiro atoms. The molecule has 0 heterocycles. The minimum atomic E-state index is -1.43. The van der Waals surface area contributed by atoms with Crippen molar-refractivity contribution < 1.29 is 20.1 Å².